The molecule has 0 atom stereocenters. The number of pyridine rings is 1. The summed E-state index contributed by atoms with van der Waals surface area (Å²) >= 11 is 2.28. The average molecular weight is 569 g/mol. The molecule has 9 heteroatoms. The third-order valence-electron chi connectivity index (χ3n) is 6.13. The second-order valence-electron chi connectivity index (χ2n) is 8.14. The Kier molecular flexibility index (Phi) is 6.27. The van der Waals surface area contributed by atoms with Crippen molar-refractivity contribution in [3.63, 3.8) is 0 Å². The van der Waals surface area contributed by atoms with Gasteiger partial charge in [-0.25, -0.2) is 14.5 Å². The summed E-state index contributed by atoms with van der Waals surface area (Å²) in [6, 6.07) is 18.1. The molecular weight excluding hydrogens is 545 g/mol. The maximum absolute atomic E-state index is 11.4. The van der Waals surface area contributed by atoms with E-state index in [1.54, 1.807) is 7.11 Å². The molecule has 8 nitrogen and oxygen atoms in total. The number of hydrogen-bond acceptors (Lipinski definition) is 5. The van der Waals surface area contributed by atoms with E-state index in [9.17, 15) is 9.90 Å². The van der Waals surface area contributed by atoms with E-state index in [2.05, 4.69) is 39.6 Å². The summed E-state index contributed by atoms with van der Waals surface area (Å²) in [6.07, 6.45) is 1.04. The number of amides is 1. The van der Waals surface area contributed by atoms with E-state index in [1.807, 2.05) is 53.3 Å². The van der Waals surface area contributed by atoms with Crippen molar-refractivity contribution in [3.8, 4) is 16.9 Å². The zero-order valence-electron chi connectivity index (χ0n) is 18.7. The third kappa shape index (κ3) is 4.27. The first-order valence-electron chi connectivity index (χ1n) is 11.0. The fourth-order valence-electron chi connectivity index (χ4n) is 4.37. The topological polar surface area (TPSA) is 83.7 Å². The van der Waals surface area contributed by atoms with Gasteiger partial charge in [-0.05, 0) is 45.9 Å². The van der Waals surface area contributed by atoms with Crippen LogP contribution in [0, 0.1) is 3.70 Å². The second-order valence-corrected chi connectivity index (χ2v) is 9.16. The Hall–Kier alpha value is -3.34. The Balaban J connectivity index is 1.60. The summed E-state index contributed by atoms with van der Waals surface area (Å²) in [5.41, 5.74) is 5.08. The smallest absolute Gasteiger partial charge is 0.407 e. The number of benzene rings is 2. The van der Waals surface area contributed by atoms with Crippen LogP contribution in [0.2, 0.25) is 0 Å². The normalized spacial score (nSPS) is 13.9. The van der Waals surface area contributed by atoms with Gasteiger partial charge < -0.3 is 19.6 Å². The van der Waals surface area contributed by atoms with E-state index in [1.165, 1.54) is 4.90 Å². The minimum absolute atomic E-state index is 0.462. The fourth-order valence-corrected chi connectivity index (χ4v) is 5.13. The van der Waals surface area contributed by atoms with Gasteiger partial charge in [0.15, 0.2) is 5.65 Å². The summed E-state index contributed by atoms with van der Waals surface area (Å²) < 4.78 is 8.08. The Morgan fingerprint density at radius 3 is 2.41 bits per heavy atom. The van der Waals surface area contributed by atoms with Gasteiger partial charge in [-0.15, -0.1) is 0 Å². The molecule has 1 aliphatic rings. The van der Waals surface area contributed by atoms with Crippen LogP contribution < -0.4 is 9.64 Å². The molecule has 1 saturated heterocycles. The quantitative estimate of drug-likeness (QED) is 0.355. The molecule has 0 aliphatic carbocycles. The van der Waals surface area contributed by atoms with Gasteiger partial charge in [-0.1, -0.05) is 42.5 Å². The van der Waals surface area contributed by atoms with Crippen molar-refractivity contribution in [3.05, 3.63) is 70.1 Å². The van der Waals surface area contributed by atoms with Gasteiger partial charge in [0.2, 0.25) is 0 Å². The molecule has 0 unspecified atom stereocenters. The van der Waals surface area contributed by atoms with Crippen molar-refractivity contribution in [2.45, 2.75) is 6.54 Å². The van der Waals surface area contributed by atoms with E-state index in [0.29, 0.717) is 32.7 Å². The van der Waals surface area contributed by atoms with Crippen molar-refractivity contribution in [2.24, 2.45) is 0 Å². The van der Waals surface area contributed by atoms with Crippen molar-refractivity contribution in [2.75, 3.05) is 38.2 Å². The van der Waals surface area contributed by atoms with Crippen LogP contribution in [0.15, 0.2) is 60.8 Å². The third-order valence-corrected chi connectivity index (χ3v) is 6.89. The number of anilines is 1. The van der Waals surface area contributed by atoms with Crippen LogP contribution in [-0.4, -0.2) is 64.2 Å². The van der Waals surface area contributed by atoms with E-state index in [-0.39, 0.29) is 0 Å². The molecule has 34 heavy (non-hydrogen) atoms. The first kappa shape index (κ1) is 22.5. The minimum atomic E-state index is -0.871. The summed E-state index contributed by atoms with van der Waals surface area (Å²) in [4.78, 5) is 20.0. The number of fused-ring (bicyclic) bond motifs is 1. The molecule has 1 fully saturated rings. The Bertz CT molecular complexity index is 1320. The highest BCUT2D eigenvalue weighted by Gasteiger charge is 2.27. The first-order valence-corrected chi connectivity index (χ1v) is 12.1. The van der Waals surface area contributed by atoms with Crippen LogP contribution in [-0.2, 0) is 6.54 Å². The van der Waals surface area contributed by atoms with Crippen LogP contribution in [0.4, 0.5) is 10.5 Å². The number of rotatable bonds is 5. The van der Waals surface area contributed by atoms with Crippen LogP contribution >= 0.6 is 22.6 Å². The summed E-state index contributed by atoms with van der Waals surface area (Å²) in [7, 11) is 1.66. The SMILES string of the molecule is COc1ccc(Cn2nc(I)c3c(N4CCN(C(=O)O)CC4)c(-c4ccccc4)cnc32)cc1. The lowest BCUT2D eigenvalue weighted by Crippen LogP contribution is -2.48. The molecule has 3 heterocycles. The largest absolute Gasteiger partial charge is 0.497 e. The van der Waals surface area contributed by atoms with Crippen molar-refractivity contribution >= 4 is 45.4 Å². The molecule has 1 N–H and O–H groups in total. The number of halogens is 1. The van der Waals surface area contributed by atoms with E-state index in [0.717, 1.165) is 42.9 Å². The lowest BCUT2D eigenvalue weighted by molar-refractivity contribution is 0.142. The molecule has 1 amide bonds. The predicted octanol–water partition coefficient (Wildman–Crippen LogP) is 4.56. The number of methoxy groups -OCH3 is 1. The summed E-state index contributed by atoms with van der Waals surface area (Å²) in [5, 5.41) is 15.2. The molecule has 2 aromatic heterocycles. The highest BCUT2D eigenvalue weighted by atomic mass is 127. The molecule has 0 saturated carbocycles. The number of piperazine rings is 1. The van der Waals surface area contributed by atoms with Crippen LogP contribution in [0.25, 0.3) is 22.2 Å². The number of ether oxygens (including phenoxy) is 1. The van der Waals surface area contributed by atoms with Crippen molar-refractivity contribution < 1.29 is 14.6 Å². The van der Waals surface area contributed by atoms with Gasteiger partial charge in [0.25, 0.3) is 0 Å². The van der Waals surface area contributed by atoms with Gasteiger partial charge in [0.1, 0.15) is 9.45 Å². The summed E-state index contributed by atoms with van der Waals surface area (Å²) in [6.45, 7) is 2.75. The van der Waals surface area contributed by atoms with Gasteiger partial charge >= 0.3 is 6.09 Å². The number of nitrogens with zero attached hydrogens (tertiary/aromatic N) is 5. The standard InChI is InChI=1S/C25H24IN5O3/c1-34-19-9-7-17(8-10-19)16-31-24-21(23(26)28-31)22(29-11-13-30(14-12-29)25(32)33)20(15-27-24)18-5-3-2-4-6-18/h2-10,15H,11-14,16H2,1H3,(H,32,33). The highest BCUT2D eigenvalue weighted by molar-refractivity contribution is 14.1. The van der Waals surface area contributed by atoms with Crippen LogP contribution in [0.3, 0.4) is 0 Å². The first-order chi connectivity index (χ1) is 16.5. The van der Waals surface area contributed by atoms with Gasteiger partial charge in [-0.3, -0.25) is 0 Å². The fraction of sp³-hybridized carbons (Fsp3) is 0.240. The van der Waals surface area contributed by atoms with Gasteiger partial charge in [0, 0.05) is 37.9 Å². The van der Waals surface area contributed by atoms with E-state index >= 15 is 0 Å². The average Bonchev–Trinajstić information content (AvgIpc) is 3.19. The summed E-state index contributed by atoms with van der Waals surface area (Å²) in [5.74, 6) is 0.817. The Morgan fingerprint density at radius 1 is 1.06 bits per heavy atom. The lowest BCUT2D eigenvalue weighted by atomic mass is 10.0. The molecule has 1 aliphatic heterocycles. The molecule has 174 valence electrons. The zero-order valence-corrected chi connectivity index (χ0v) is 20.8. The predicted molar refractivity (Wildman–Crippen MR) is 140 cm³/mol. The van der Waals surface area contributed by atoms with Gasteiger partial charge in [-0.2, -0.15) is 5.10 Å². The lowest BCUT2D eigenvalue weighted by Gasteiger charge is -2.36. The second kappa shape index (κ2) is 9.49. The van der Waals surface area contributed by atoms with Crippen molar-refractivity contribution in [1.82, 2.24) is 19.7 Å². The number of aromatic nitrogens is 3. The molecule has 0 spiro atoms. The molecule has 2 aromatic carbocycles. The number of hydrogen-bond donors (Lipinski definition) is 1. The monoisotopic (exact) mass is 569 g/mol. The Labute approximate surface area is 210 Å². The molecule has 5 rings (SSSR count). The van der Waals surface area contributed by atoms with Crippen molar-refractivity contribution in [1.29, 1.82) is 0 Å². The van der Waals surface area contributed by atoms with Crippen LogP contribution in [0.1, 0.15) is 5.56 Å². The van der Waals surface area contributed by atoms with Gasteiger partial charge in [0.05, 0.1) is 24.7 Å². The van der Waals surface area contributed by atoms with Crippen LogP contribution in [0.5, 0.6) is 5.75 Å². The molecular formula is C25H24IN5O3. The highest BCUT2D eigenvalue weighted by Crippen LogP contribution is 2.39. The molecule has 0 radical (unpaired) electrons. The molecule has 0 bridgehead atoms. The Morgan fingerprint density at radius 2 is 1.76 bits per heavy atom. The zero-order chi connectivity index (χ0) is 23.7. The minimum Gasteiger partial charge on any atom is -0.497 e. The maximum atomic E-state index is 11.4. The molecule has 4 aromatic rings. The maximum Gasteiger partial charge on any atom is 0.407 e. The number of carbonyl (C=O) groups is 1. The number of carboxylic acid groups (broad SMARTS) is 1. The van der Waals surface area contributed by atoms with E-state index < -0.39 is 6.09 Å². The van der Waals surface area contributed by atoms with E-state index in [4.69, 9.17) is 14.8 Å².